The molecule has 0 saturated carbocycles. The Morgan fingerprint density at radius 1 is 1.19 bits per heavy atom. The molecule has 9 heteroatoms. The first-order valence-corrected chi connectivity index (χ1v) is 10.1. The van der Waals surface area contributed by atoms with E-state index in [0.29, 0.717) is 17.7 Å². The maximum absolute atomic E-state index is 13.4. The molecule has 3 rings (SSSR count). The van der Waals surface area contributed by atoms with Crippen LogP contribution in [-0.2, 0) is 9.59 Å². The lowest BCUT2D eigenvalue weighted by molar-refractivity contribution is -0.384. The summed E-state index contributed by atoms with van der Waals surface area (Å²) in [7, 11) is 0. The zero-order valence-electron chi connectivity index (χ0n) is 17.9. The molecule has 3 amide bonds. The number of rotatable bonds is 6. The van der Waals surface area contributed by atoms with E-state index in [4.69, 9.17) is 5.26 Å². The van der Waals surface area contributed by atoms with E-state index in [1.165, 1.54) is 53.4 Å². The van der Waals surface area contributed by atoms with E-state index < -0.39 is 34.2 Å². The summed E-state index contributed by atoms with van der Waals surface area (Å²) in [6, 6.07) is 12.2. The average Bonchev–Trinajstić information content (AvgIpc) is 3.07. The molecule has 1 fully saturated rings. The quantitative estimate of drug-likeness (QED) is 0.390. The van der Waals surface area contributed by atoms with Crippen molar-refractivity contribution in [3.05, 3.63) is 69.8 Å². The van der Waals surface area contributed by atoms with Crippen LogP contribution in [0.25, 0.3) is 0 Å². The number of non-ortho nitro benzene ring substituents is 1. The van der Waals surface area contributed by atoms with Crippen molar-refractivity contribution in [2.24, 2.45) is 0 Å². The van der Waals surface area contributed by atoms with E-state index in [9.17, 15) is 24.5 Å². The number of nitriles is 1. The van der Waals surface area contributed by atoms with E-state index in [2.05, 4.69) is 0 Å². The van der Waals surface area contributed by atoms with Crippen molar-refractivity contribution in [1.29, 1.82) is 5.26 Å². The van der Waals surface area contributed by atoms with Crippen LogP contribution < -0.4 is 4.90 Å². The van der Waals surface area contributed by atoms with E-state index in [0.717, 1.165) is 4.90 Å². The molecule has 0 bridgehead atoms. The number of nitro groups is 1. The Bertz CT molecular complexity index is 1120. The summed E-state index contributed by atoms with van der Waals surface area (Å²) in [6.45, 7) is 5.48. The fraction of sp³-hybridized carbons (Fsp3) is 0.304. The number of anilines is 1. The monoisotopic (exact) mass is 434 g/mol. The molecule has 2 aromatic carbocycles. The molecular formula is C23H22N4O5. The lowest BCUT2D eigenvalue weighted by Gasteiger charge is -2.41. The molecule has 1 saturated heterocycles. The molecule has 0 radical (unpaired) electrons. The highest BCUT2D eigenvalue weighted by atomic mass is 16.6. The largest absolute Gasteiger partial charge is 0.321 e. The molecule has 0 aromatic heterocycles. The third-order valence-electron chi connectivity index (χ3n) is 5.75. The minimum absolute atomic E-state index is 0.151. The highest BCUT2D eigenvalue weighted by Gasteiger charge is 2.48. The molecule has 164 valence electrons. The van der Waals surface area contributed by atoms with Crippen molar-refractivity contribution < 1.29 is 19.3 Å². The van der Waals surface area contributed by atoms with Gasteiger partial charge >= 0.3 is 0 Å². The molecule has 2 aromatic rings. The van der Waals surface area contributed by atoms with Gasteiger partial charge in [0.15, 0.2) is 0 Å². The Morgan fingerprint density at radius 2 is 1.78 bits per heavy atom. The van der Waals surface area contributed by atoms with E-state index in [1.54, 1.807) is 13.8 Å². The summed E-state index contributed by atoms with van der Waals surface area (Å²) in [4.78, 5) is 52.3. The van der Waals surface area contributed by atoms with Crippen molar-refractivity contribution in [2.75, 3.05) is 4.90 Å². The molecule has 1 unspecified atom stereocenters. The number of hydrogen-bond donors (Lipinski definition) is 0. The van der Waals surface area contributed by atoms with Crippen LogP contribution in [-0.4, -0.2) is 39.1 Å². The summed E-state index contributed by atoms with van der Waals surface area (Å²) in [5.41, 5.74) is 0.00124. The fourth-order valence-electron chi connectivity index (χ4n) is 3.65. The maximum Gasteiger partial charge on any atom is 0.269 e. The molecular weight excluding hydrogens is 412 g/mol. The van der Waals surface area contributed by atoms with Crippen LogP contribution in [0.4, 0.5) is 11.4 Å². The van der Waals surface area contributed by atoms with Gasteiger partial charge in [-0.25, -0.2) is 4.90 Å². The molecule has 32 heavy (non-hydrogen) atoms. The second-order valence-corrected chi connectivity index (χ2v) is 8.09. The van der Waals surface area contributed by atoms with Gasteiger partial charge in [0.2, 0.25) is 5.91 Å². The van der Waals surface area contributed by atoms with Crippen molar-refractivity contribution in [2.45, 2.75) is 45.2 Å². The number of imide groups is 1. The van der Waals surface area contributed by atoms with Gasteiger partial charge in [-0.1, -0.05) is 6.92 Å². The van der Waals surface area contributed by atoms with Gasteiger partial charge in [0.1, 0.15) is 6.04 Å². The van der Waals surface area contributed by atoms with Gasteiger partial charge < -0.3 is 4.90 Å². The highest BCUT2D eigenvalue weighted by Crippen LogP contribution is 2.32. The minimum atomic E-state index is -1.02. The average molecular weight is 434 g/mol. The predicted octanol–water partition coefficient (Wildman–Crippen LogP) is 3.43. The van der Waals surface area contributed by atoms with Crippen molar-refractivity contribution >= 4 is 29.1 Å². The predicted molar refractivity (Wildman–Crippen MR) is 116 cm³/mol. The number of carbonyl (C=O) groups excluding carboxylic acids is 3. The zero-order valence-corrected chi connectivity index (χ0v) is 17.9. The van der Waals surface area contributed by atoms with Crippen LogP contribution in [0.15, 0.2) is 48.5 Å². The third kappa shape index (κ3) is 4.07. The lowest BCUT2D eigenvalue weighted by atomic mass is 9.94. The van der Waals surface area contributed by atoms with Gasteiger partial charge in [-0.2, -0.15) is 5.26 Å². The molecule has 0 N–H and O–H groups in total. The van der Waals surface area contributed by atoms with Crippen LogP contribution in [0, 0.1) is 21.4 Å². The molecule has 1 heterocycles. The number of carbonyl (C=O) groups is 3. The second-order valence-electron chi connectivity index (χ2n) is 8.09. The lowest BCUT2D eigenvalue weighted by Crippen LogP contribution is -2.55. The van der Waals surface area contributed by atoms with Crippen LogP contribution >= 0.6 is 0 Å². The van der Waals surface area contributed by atoms with Crippen LogP contribution in [0.5, 0.6) is 0 Å². The van der Waals surface area contributed by atoms with Gasteiger partial charge in [-0.15, -0.1) is 0 Å². The van der Waals surface area contributed by atoms with Gasteiger partial charge in [0.05, 0.1) is 28.7 Å². The van der Waals surface area contributed by atoms with Crippen molar-refractivity contribution in [1.82, 2.24) is 4.90 Å². The number of nitrogens with zero attached hydrogens (tertiary/aromatic N) is 4. The summed E-state index contributed by atoms with van der Waals surface area (Å²) in [5.74, 6) is -1.46. The molecule has 1 atom stereocenters. The molecule has 1 aliphatic heterocycles. The maximum atomic E-state index is 13.4. The number of hydrogen-bond acceptors (Lipinski definition) is 6. The molecule has 0 spiro atoms. The molecule has 0 aliphatic carbocycles. The fourth-order valence-corrected chi connectivity index (χ4v) is 3.65. The third-order valence-corrected chi connectivity index (χ3v) is 5.75. The van der Waals surface area contributed by atoms with Crippen molar-refractivity contribution in [3.63, 3.8) is 0 Å². The summed E-state index contributed by atoms with van der Waals surface area (Å²) in [6.07, 6.45) is 0.335. The normalized spacial score (nSPS) is 16.1. The number of nitro benzene ring substituents is 1. The van der Waals surface area contributed by atoms with Gasteiger partial charge in [0.25, 0.3) is 17.5 Å². The summed E-state index contributed by atoms with van der Waals surface area (Å²) < 4.78 is 0. The van der Waals surface area contributed by atoms with Crippen LogP contribution in [0.1, 0.15) is 49.5 Å². The Hall–Kier alpha value is -4.06. The van der Waals surface area contributed by atoms with Gasteiger partial charge in [-0.05, 0) is 56.7 Å². The van der Waals surface area contributed by atoms with Gasteiger partial charge in [-0.3, -0.25) is 24.5 Å². The Labute approximate surface area is 185 Å². The smallest absolute Gasteiger partial charge is 0.269 e. The second kappa shape index (κ2) is 8.59. The first kappa shape index (κ1) is 22.6. The molecule has 9 nitrogen and oxygen atoms in total. The standard InChI is InChI=1S/C23H22N4O5/c1-4-23(2,3)26(21(29)16-7-11-18(12-8-16)27(31)32)19-13-20(28)25(22(19)30)17-9-5-15(14-24)6-10-17/h5-12,19H,4,13H2,1-3H3. The summed E-state index contributed by atoms with van der Waals surface area (Å²) >= 11 is 0. The highest BCUT2D eigenvalue weighted by molar-refractivity contribution is 6.23. The Morgan fingerprint density at radius 3 is 2.28 bits per heavy atom. The minimum Gasteiger partial charge on any atom is -0.321 e. The van der Waals surface area contributed by atoms with Crippen molar-refractivity contribution in [3.8, 4) is 6.07 Å². The van der Waals surface area contributed by atoms with Crippen LogP contribution in [0.3, 0.4) is 0 Å². The Kier molecular flexibility index (Phi) is 6.07. The number of amides is 3. The van der Waals surface area contributed by atoms with E-state index in [-0.39, 0.29) is 17.7 Å². The first-order chi connectivity index (χ1) is 15.1. The zero-order chi connectivity index (χ0) is 23.6. The topological polar surface area (TPSA) is 125 Å². The summed E-state index contributed by atoms with van der Waals surface area (Å²) in [5, 5.41) is 19.9. The first-order valence-electron chi connectivity index (χ1n) is 10.1. The van der Waals surface area contributed by atoms with E-state index in [1.807, 2.05) is 13.0 Å². The SMILES string of the molecule is CCC(C)(C)N(C(=O)c1ccc([N+](=O)[O-])cc1)C1CC(=O)N(c2ccc(C#N)cc2)C1=O. The molecule has 1 aliphatic rings. The Balaban J connectivity index is 1.98. The van der Waals surface area contributed by atoms with Gasteiger partial charge in [0, 0.05) is 23.2 Å². The van der Waals surface area contributed by atoms with Crippen LogP contribution in [0.2, 0.25) is 0 Å². The number of benzene rings is 2. The van der Waals surface area contributed by atoms with E-state index >= 15 is 0 Å².